The molecule has 1 heteroatoms. The maximum atomic E-state index is 4.77. The summed E-state index contributed by atoms with van der Waals surface area (Å²) in [7, 11) is 0. The smallest absolute Gasteiger partial charge is 0.0437 e. The molecule has 0 amide bonds. The van der Waals surface area contributed by atoms with Crippen molar-refractivity contribution in [1.29, 1.82) is 0 Å². The first-order chi connectivity index (χ1) is 7.50. The van der Waals surface area contributed by atoms with Crippen LogP contribution in [0.2, 0.25) is 0 Å². The number of rotatable bonds is 5. The molecule has 16 heavy (non-hydrogen) atoms. The number of nitrogens with zero attached hydrogens (tertiary/aromatic N) is 1. The molecule has 1 rings (SSSR count). The van der Waals surface area contributed by atoms with Crippen LogP contribution in [0.4, 0.5) is 0 Å². The molecule has 0 fully saturated rings. The zero-order chi connectivity index (χ0) is 12.1. The second-order valence-corrected chi connectivity index (χ2v) is 5.52. The Labute approximate surface area is 100 Å². The summed E-state index contributed by atoms with van der Waals surface area (Å²) >= 11 is 0. The highest BCUT2D eigenvalue weighted by atomic mass is 14.7. The van der Waals surface area contributed by atoms with Crippen LogP contribution in [0.5, 0.6) is 0 Å². The molecule has 1 aromatic heterocycles. The summed E-state index contributed by atoms with van der Waals surface area (Å²) in [6.45, 7) is 11.3. The summed E-state index contributed by atoms with van der Waals surface area (Å²) in [5.74, 6) is 1.97. The van der Waals surface area contributed by atoms with Gasteiger partial charge in [0, 0.05) is 17.3 Å². The second kappa shape index (κ2) is 6.03. The van der Waals surface area contributed by atoms with Crippen LogP contribution in [0.3, 0.4) is 0 Å². The fourth-order valence-corrected chi connectivity index (χ4v) is 1.67. The van der Waals surface area contributed by atoms with Crippen LogP contribution in [0.15, 0.2) is 18.2 Å². The molecule has 0 N–H and O–H groups in total. The summed E-state index contributed by atoms with van der Waals surface area (Å²) in [4.78, 5) is 4.77. The Morgan fingerprint density at radius 2 is 1.75 bits per heavy atom. The molecule has 0 aliphatic carbocycles. The van der Waals surface area contributed by atoms with Crippen molar-refractivity contribution in [1.82, 2.24) is 4.98 Å². The third-order valence-corrected chi connectivity index (χ3v) is 3.27. The van der Waals surface area contributed by atoms with Gasteiger partial charge in [-0.2, -0.15) is 0 Å². The molecule has 0 aliphatic rings. The average molecular weight is 219 g/mol. The Morgan fingerprint density at radius 1 is 1.06 bits per heavy atom. The van der Waals surface area contributed by atoms with E-state index in [1.807, 2.05) is 0 Å². The lowest BCUT2D eigenvalue weighted by molar-refractivity contribution is 0.519. The van der Waals surface area contributed by atoms with Gasteiger partial charge in [-0.25, -0.2) is 0 Å². The molecule has 0 spiro atoms. The Morgan fingerprint density at radius 3 is 2.31 bits per heavy atom. The van der Waals surface area contributed by atoms with Crippen LogP contribution >= 0.6 is 0 Å². The highest BCUT2D eigenvalue weighted by Crippen LogP contribution is 2.22. The van der Waals surface area contributed by atoms with Crippen LogP contribution in [-0.4, -0.2) is 4.98 Å². The standard InChI is InChI=1S/C15H25N/c1-11(2)9-10-14-7-6-8-15(16-14)13(5)12(3)4/h6-8,11-13H,9-10H2,1-5H3/t13-/m1/s1. The van der Waals surface area contributed by atoms with Gasteiger partial charge in [0.05, 0.1) is 0 Å². The van der Waals surface area contributed by atoms with Crippen molar-refractivity contribution in [2.75, 3.05) is 0 Å². The first-order valence-corrected chi connectivity index (χ1v) is 6.46. The summed E-state index contributed by atoms with van der Waals surface area (Å²) in [5.41, 5.74) is 2.50. The summed E-state index contributed by atoms with van der Waals surface area (Å²) < 4.78 is 0. The number of aromatic nitrogens is 1. The number of aryl methyl sites for hydroxylation is 1. The predicted molar refractivity (Wildman–Crippen MR) is 70.6 cm³/mol. The lowest BCUT2D eigenvalue weighted by Crippen LogP contribution is -2.06. The maximum absolute atomic E-state index is 4.77. The SMILES string of the molecule is CC(C)CCc1cccc([C@H](C)C(C)C)n1. The minimum atomic E-state index is 0.555. The van der Waals surface area contributed by atoms with E-state index in [2.05, 4.69) is 52.8 Å². The van der Waals surface area contributed by atoms with Crippen LogP contribution < -0.4 is 0 Å². The molecule has 0 bridgehead atoms. The van der Waals surface area contributed by atoms with Crippen molar-refractivity contribution in [3.8, 4) is 0 Å². The van der Waals surface area contributed by atoms with Gasteiger partial charge in [0.15, 0.2) is 0 Å². The largest absolute Gasteiger partial charge is 0.258 e. The van der Waals surface area contributed by atoms with Crippen molar-refractivity contribution >= 4 is 0 Å². The number of pyridine rings is 1. The van der Waals surface area contributed by atoms with Gasteiger partial charge in [-0.3, -0.25) is 4.98 Å². The zero-order valence-electron chi connectivity index (χ0n) is 11.3. The predicted octanol–water partition coefficient (Wildman–Crippen LogP) is 4.43. The van der Waals surface area contributed by atoms with Gasteiger partial charge < -0.3 is 0 Å². The minimum Gasteiger partial charge on any atom is -0.258 e. The molecule has 1 atom stereocenters. The van der Waals surface area contributed by atoms with Crippen molar-refractivity contribution in [2.45, 2.75) is 53.4 Å². The number of hydrogen-bond donors (Lipinski definition) is 0. The van der Waals surface area contributed by atoms with Gasteiger partial charge in [-0.15, -0.1) is 0 Å². The van der Waals surface area contributed by atoms with Gasteiger partial charge in [0.25, 0.3) is 0 Å². The lowest BCUT2D eigenvalue weighted by Gasteiger charge is -2.15. The van der Waals surface area contributed by atoms with Gasteiger partial charge in [0.2, 0.25) is 0 Å². The van der Waals surface area contributed by atoms with Gasteiger partial charge in [0.1, 0.15) is 0 Å². The molecule has 0 aliphatic heterocycles. The molecule has 90 valence electrons. The van der Waals surface area contributed by atoms with E-state index in [0.717, 1.165) is 12.3 Å². The third-order valence-electron chi connectivity index (χ3n) is 3.27. The molecule has 0 aromatic carbocycles. The van der Waals surface area contributed by atoms with E-state index in [1.54, 1.807) is 0 Å². The van der Waals surface area contributed by atoms with Crippen molar-refractivity contribution in [3.05, 3.63) is 29.6 Å². The first kappa shape index (κ1) is 13.2. The van der Waals surface area contributed by atoms with Crippen LogP contribution in [-0.2, 0) is 6.42 Å². The fourth-order valence-electron chi connectivity index (χ4n) is 1.67. The van der Waals surface area contributed by atoms with Crippen LogP contribution in [0.1, 0.15) is 58.3 Å². The normalized spacial score (nSPS) is 13.4. The Bertz CT molecular complexity index is 315. The molecule has 0 saturated heterocycles. The lowest BCUT2D eigenvalue weighted by atomic mass is 9.94. The Balaban J connectivity index is 2.71. The van der Waals surface area contributed by atoms with E-state index < -0.39 is 0 Å². The van der Waals surface area contributed by atoms with E-state index >= 15 is 0 Å². The highest BCUT2D eigenvalue weighted by molar-refractivity contribution is 5.15. The third kappa shape index (κ3) is 3.96. The molecular weight excluding hydrogens is 194 g/mol. The second-order valence-electron chi connectivity index (χ2n) is 5.52. The topological polar surface area (TPSA) is 12.9 Å². The molecule has 1 aromatic rings. The maximum Gasteiger partial charge on any atom is 0.0437 e. The van der Waals surface area contributed by atoms with E-state index in [9.17, 15) is 0 Å². The van der Waals surface area contributed by atoms with E-state index in [0.29, 0.717) is 11.8 Å². The van der Waals surface area contributed by atoms with Crippen LogP contribution in [0, 0.1) is 11.8 Å². The van der Waals surface area contributed by atoms with Gasteiger partial charge >= 0.3 is 0 Å². The van der Waals surface area contributed by atoms with Gasteiger partial charge in [-0.05, 0) is 36.8 Å². The summed E-state index contributed by atoms with van der Waals surface area (Å²) in [6, 6.07) is 6.46. The van der Waals surface area contributed by atoms with Crippen molar-refractivity contribution in [2.24, 2.45) is 11.8 Å². The number of hydrogen-bond acceptors (Lipinski definition) is 1. The van der Waals surface area contributed by atoms with Crippen molar-refractivity contribution < 1.29 is 0 Å². The first-order valence-electron chi connectivity index (χ1n) is 6.46. The summed E-state index contributed by atoms with van der Waals surface area (Å²) in [6.07, 6.45) is 2.34. The fraction of sp³-hybridized carbons (Fsp3) is 0.667. The molecule has 0 saturated carbocycles. The van der Waals surface area contributed by atoms with Crippen LogP contribution in [0.25, 0.3) is 0 Å². The molecule has 1 heterocycles. The molecule has 1 nitrogen and oxygen atoms in total. The molecular formula is C15H25N. The van der Waals surface area contributed by atoms with E-state index in [4.69, 9.17) is 4.98 Å². The molecule has 0 unspecified atom stereocenters. The van der Waals surface area contributed by atoms with Crippen molar-refractivity contribution in [3.63, 3.8) is 0 Å². The summed E-state index contributed by atoms with van der Waals surface area (Å²) in [5, 5.41) is 0. The zero-order valence-corrected chi connectivity index (χ0v) is 11.3. The van der Waals surface area contributed by atoms with E-state index in [1.165, 1.54) is 17.8 Å². The average Bonchev–Trinajstić information content (AvgIpc) is 2.25. The quantitative estimate of drug-likeness (QED) is 0.714. The molecule has 0 radical (unpaired) electrons. The minimum absolute atomic E-state index is 0.555. The highest BCUT2D eigenvalue weighted by Gasteiger charge is 2.11. The van der Waals surface area contributed by atoms with E-state index in [-0.39, 0.29) is 0 Å². The Hall–Kier alpha value is -0.850. The Kier molecular flexibility index (Phi) is 4.98. The monoisotopic (exact) mass is 219 g/mol. The van der Waals surface area contributed by atoms with Gasteiger partial charge in [-0.1, -0.05) is 40.7 Å².